The first-order valence-corrected chi connectivity index (χ1v) is 10.5. The van der Waals surface area contributed by atoms with Crippen LogP contribution in [0, 0.1) is 0 Å². The summed E-state index contributed by atoms with van der Waals surface area (Å²) in [4.78, 5) is 4.78. The molecule has 3 heterocycles. The second-order valence-corrected chi connectivity index (χ2v) is 8.35. The Hall–Kier alpha value is -2.47. The van der Waals surface area contributed by atoms with E-state index in [0.29, 0.717) is 22.2 Å². The molecule has 9 nitrogen and oxygen atoms in total. The Kier molecular flexibility index (Phi) is 5.21. The molecule has 0 aliphatic carbocycles. The van der Waals surface area contributed by atoms with Gasteiger partial charge in [-0.3, -0.25) is 0 Å². The van der Waals surface area contributed by atoms with Crippen molar-refractivity contribution in [3.8, 4) is 11.3 Å². The minimum Gasteiger partial charge on any atom is -0.394 e. The summed E-state index contributed by atoms with van der Waals surface area (Å²) in [6, 6.07) is 15.1. The first-order valence-electron chi connectivity index (χ1n) is 9.69. The van der Waals surface area contributed by atoms with E-state index in [-0.39, 0.29) is 0 Å². The molecule has 160 valence electrons. The molecule has 0 spiro atoms. The van der Waals surface area contributed by atoms with Crippen LogP contribution >= 0.6 is 15.9 Å². The molecule has 1 aliphatic rings. The number of halogens is 1. The highest BCUT2D eigenvalue weighted by Crippen LogP contribution is 2.35. The molecule has 31 heavy (non-hydrogen) atoms. The van der Waals surface area contributed by atoms with E-state index in [9.17, 15) is 20.4 Å². The Bertz CT molecular complexity index is 1250. The quantitative estimate of drug-likeness (QED) is 0.341. The maximum Gasteiger partial charge on any atom is 0.181 e. The maximum absolute atomic E-state index is 10.6. The summed E-state index contributed by atoms with van der Waals surface area (Å²) < 4.78 is 8.03. The van der Waals surface area contributed by atoms with Crippen molar-refractivity contribution >= 4 is 37.9 Å². The Morgan fingerprint density at radius 3 is 2.45 bits per heavy atom. The predicted octanol–water partition coefficient (Wildman–Crippen LogP) is 1.38. The first-order chi connectivity index (χ1) is 15.0. The van der Waals surface area contributed by atoms with Gasteiger partial charge in [-0.25, -0.2) is 9.67 Å². The van der Waals surface area contributed by atoms with E-state index < -0.39 is 37.3 Å². The molecule has 1 fully saturated rings. The molecule has 0 radical (unpaired) electrons. The van der Waals surface area contributed by atoms with Crippen LogP contribution in [0.5, 0.6) is 0 Å². The number of nitrogens with zero attached hydrogens (tertiary/aromatic N) is 4. The van der Waals surface area contributed by atoms with Crippen LogP contribution in [0.25, 0.3) is 33.2 Å². The minimum absolute atomic E-state index is 0.498. The standard InChI is InChI=1S/C21H19BrN4O5/c22-11-7-5-10(6-8-11)15-16-17(12-3-1-2-4-13(12)23-15)26(25-24-16)21-20(30)19(29)18(28)14(9-27)31-21/h1-8,14,18-21,27-30H,9H2/t14-,18+,19+,20-,21-/m1/s1. The molecular formula is C21H19BrN4O5. The van der Waals surface area contributed by atoms with E-state index in [2.05, 4.69) is 26.2 Å². The smallest absolute Gasteiger partial charge is 0.181 e. The average Bonchev–Trinajstić information content (AvgIpc) is 3.23. The van der Waals surface area contributed by atoms with Crippen molar-refractivity contribution in [3.63, 3.8) is 0 Å². The lowest BCUT2D eigenvalue weighted by atomic mass is 9.98. The van der Waals surface area contributed by atoms with Crippen molar-refractivity contribution in [2.24, 2.45) is 0 Å². The van der Waals surface area contributed by atoms with Gasteiger partial charge in [0, 0.05) is 15.4 Å². The zero-order valence-electron chi connectivity index (χ0n) is 16.1. The summed E-state index contributed by atoms with van der Waals surface area (Å²) >= 11 is 3.43. The van der Waals surface area contributed by atoms with E-state index in [1.807, 2.05) is 48.5 Å². The lowest BCUT2D eigenvalue weighted by Crippen LogP contribution is -2.56. The van der Waals surface area contributed by atoms with Gasteiger partial charge in [0.1, 0.15) is 41.1 Å². The minimum atomic E-state index is -1.52. The van der Waals surface area contributed by atoms with Crippen LogP contribution in [0.15, 0.2) is 53.0 Å². The first kappa shape index (κ1) is 20.4. The van der Waals surface area contributed by atoms with Gasteiger partial charge in [0.15, 0.2) is 6.23 Å². The summed E-state index contributed by atoms with van der Waals surface area (Å²) in [5.41, 5.74) is 3.20. The van der Waals surface area contributed by atoms with Gasteiger partial charge in [-0.2, -0.15) is 0 Å². The molecule has 2 aromatic carbocycles. The number of para-hydroxylation sites is 1. The van der Waals surface area contributed by atoms with E-state index in [1.54, 1.807) is 0 Å². The number of aromatic nitrogens is 4. The largest absolute Gasteiger partial charge is 0.394 e. The van der Waals surface area contributed by atoms with Gasteiger partial charge in [-0.1, -0.05) is 51.5 Å². The molecule has 0 unspecified atom stereocenters. The van der Waals surface area contributed by atoms with Crippen LogP contribution in [0.2, 0.25) is 0 Å². The average molecular weight is 487 g/mol. The number of fused-ring (bicyclic) bond motifs is 3. The van der Waals surface area contributed by atoms with E-state index >= 15 is 0 Å². The van der Waals surface area contributed by atoms with Crippen molar-refractivity contribution < 1.29 is 25.2 Å². The third-order valence-electron chi connectivity index (χ3n) is 5.54. The SMILES string of the molecule is OC[C@H]1O[C@@H](n2nnc3c(-c4ccc(Br)cc4)nc4ccccc4c32)[C@H](O)[C@@H](O)[C@H]1O. The summed E-state index contributed by atoms with van der Waals surface area (Å²) in [7, 11) is 0. The van der Waals surface area contributed by atoms with Crippen molar-refractivity contribution in [1.29, 1.82) is 0 Å². The van der Waals surface area contributed by atoms with Gasteiger partial charge >= 0.3 is 0 Å². The zero-order chi connectivity index (χ0) is 21.7. The molecule has 10 heteroatoms. The number of hydrogen-bond donors (Lipinski definition) is 4. The van der Waals surface area contributed by atoms with Gasteiger partial charge in [-0.05, 0) is 18.2 Å². The van der Waals surface area contributed by atoms with Crippen LogP contribution in [0.4, 0.5) is 0 Å². The number of rotatable bonds is 3. The Balaban J connectivity index is 1.75. The molecule has 4 N–H and O–H groups in total. The Morgan fingerprint density at radius 1 is 0.968 bits per heavy atom. The van der Waals surface area contributed by atoms with Crippen LogP contribution in [0.3, 0.4) is 0 Å². The fraction of sp³-hybridized carbons (Fsp3) is 0.286. The zero-order valence-corrected chi connectivity index (χ0v) is 17.7. The van der Waals surface area contributed by atoms with Crippen LogP contribution < -0.4 is 0 Å². The molecule has 4 aromatic rings. The van der Waals surface area contributed by atoms with Crippen molar-refractivity contribution in [2.45, 2.75) is 30.6 Å². The second kappa shape index (κ2) is 7.90. The van der Waals surface area contributed by atoms with Crippen molar-refractivity contribution in [3.05, 3.63) is 53.0 Å². The van der Waals surface area contributed by atoms with E-state index in [0.717, 1.165) is 15.4 Å². The highest BCUT2D eigenvalue weighted by atomic mass is 79.9. The summed E-state index contributed by atoms with van der Waals surface area (Å²) in [5, 5.41) is 49.8. The topological polar surface area (TPSA) is 134 Å². The molecule has 0 bridgehead atoms. The van der Waals surface area contributed by atoms with Crippen molar-refractivity contribution in [2.75, 3.05) is 6.61 Å². The molecule has 1 saturated heterocycles. The number of pyridine rings is 1. The fourth-order valence-corrected chi connectivity index (χ4v) is 4.18. The second-order valence-electron chi connectivity index (χ2n) is 7.44. The molecule has 0 saturated carbocycles. The van der Waals surface area contributed by atoms with Gasteiger partial charge in [0.05, 0.1) is 12.1 Å². The van der Waals surface area contributed by atoms with Gasteiger partial charge < -0.3 is 25.2 Å². The maximum atomic E-state index is 10.6. The van der Waals surface area contributed by atoms with Gasteiger partial charge in [0.25, 0.3) is 0 Å². The lowest BCUT2D eigenvalue weighted by Gasteiger charge is -2.39. The Labute approximate surface area is 184 Å². The van der Waals surface area contributed by atoms with Crippen molar-refractivity contribution in [1.82, 2.24) is 20.0 Å². The number of hydrogen-bond acceptors (Lipinski definition) is 8. The summed E-state index contributed by atoms with van der Waals surface area (Å²) in [6.45, 7) is -0.527. The molecule has 5 rings (SSSR count). The molecule has 2 aromatic heterocycles. The molecule has 5 atom stereocenters. The number of aliphatic hydroxyl groups excluding tert-OH is 4. The lowest BCUT2D eigenvalue weighted by molar-refractivity contribution is -0.253. The number of benzene rings is 2. The third kappa shape index (κ3) is 3.32. The third-order valence-corrected chi connectivity index (χ3v) is 6.06. The fourth-order valence-electron chi connectivity index (χ4n) is 3.92. The van der Waals surface area contributed by atoms with Crippen LogP contribution in [-0.4, -0.2) is 71.4 Å². The summed E-state index contributed by atoms with van der Waals surface area (Å²) in [5.74, 6) is 0. The number of aliphatic hydroxyl groups is 4. The Morgan fingerprint density at radius 2 is 1.71 bits per heavy atom. The predicted molar refractivity (Wildman–Crippen MR) is 115 cm³/mol. The van der Waals surface area contributed by atoms with E-state index in [1.165, 1.54) is 4.68 Å². The van der Waals surface area contributed by atoms with Gasteiger partial charge in [0.2, 0.25) is 0 Å². The molecular weight excluding hydrogens is 468 g/mol. The van der Waals surface area contributed by atoms with Crippen LogP contribution in [-0.2, 0) is 4.74 Å². The monoisotopic (exact) mass is 486 g/mol. The highest BCUT2D eigenvalue weighted by molar-refractivity contribution is 9.10. The number of ether oxygens (including phenoxy) is 1. The summed E-state index contributed by atoms with van der Waals surface area (Å²) in [6.07, 6.45) is -6.67. The van der Waals surface area contributed by atoms with E-state index in [4.69, 9.17) is 9.72 Å². The normalized spacial score (nSPS) is 26.5. The molecule has 1 aliphatic heterocycles. The van der Waals surface area contributed by atoms with Gasteiger partial charge in [-0.15, -0.1) is 5.10 Å². The molecule has 0 amide bonds. The van der Waals surface area contributed by atoms with Crippen LogP contribution in [0.1, 0.15) is 6.23 Å². The highest BCUT2D eigenvalue weighted by Gasteiger charge is 2.45.